The molecule has 0 saturated carbocycles. The second kappa shape index (κ2) is 4.23. The van der Waals surface area contributed by atoms with E-state index in [9.17, 15) is 5.11 Å². The zero-order valence-corrected chi connectivity index (χ0v) is 12.6. The van der Waals surface area contributed by atoms with Crippen LogP contribution >= 0.6 is 0 Å². The number of hydrogen-bond donors (Lipinski definition) is 1. The molecule has 0 bridgehead atoms. The van der Waals surface area contributed by atoms with Gasteiger partial charge in [-0.3, -0.25) is 0 Å². The Hall–Kier alpha value is -2.55. The van der Waals surface area contributed by atoms with E-state index in [0.717, 1.165) is 17.1 Å². The van der Waals surface area contributed by atoms with E-state index in [4.69, 9.17) is 0 Å². The van der Waals surface area contributed by atoms with Gasteiger partial charge in [0.2, 0.25) is 0 Å². The summed E-state index contributed by atoms with van der Waals surface area (Å²) in [6.45, 7) is 4.85. The zero-order valence-electron chi connectivity index (χ0n) is 12.6. The number of fused-ring (bicyclic) bond motifs is 1. The molecule has 0 unspecified atom stereocenters. The van der Waals surface area contributed by atoms with E-state index in [-0.39, 0.29) is 0 Å². The van der Waals surface area contributed by atoms with Crippen LogP contribution in [-0.4, -0.2) is 52.8 Å². The molecule has 0 aliphatic carbocycles. The van der Waals surface area contributed by atoms with Gasteiger partial charge in [-0.1, -0.05) is 5.21 Å². The third-order valence-electron chi connectivity index (χ3n) is 4.27. The number of rotatable bonds is 2. The molecule has 1 aliphatic heterocycles. The molecule has 1 fully saturated rings. The first-order chi connectivity index (χ1) is 10.5. The van der Waals surface area contributed by atoms with Gasteiger partial charge >= 0.3 is 0 Å². The number of aliphatic hydroxyl groups is 1. The highest BCUT2D eigenvalue weighted by atomic mass is 16.3. The maximum absolute atomic E-state index is 10.8. The largest absolute Gasteiger partial charge is 0.380 e. The molecule has 0 aromatic carbocycles. The third kappa shape index (κ3) is 1.65. The van der Waals surface area contributed by atoms with Crippen molar-refractivity contribution in [2.24, 2.45) is 7.05 Å². The summed E-state index contributed by atoms with van der Waals surface area (Å²) >= 11 is 0. The van der Waals surface area contributed by atoms with Gasteiger partial charge in [-0.05, 0) is 13.8 Å². The van der Waals surface area contributed by atoms with Crippen LogP contribution in [0.5, 0.6) is 0 Å². The third-order valence-corrected chi connectivity index (χ3v) is 4.27. The summed E-state index contributed by atoms with van der Waals surface area (Å²) in [5.74, 6) is 1.48. The highest BCUT2D eigenvalue weighted by Crippen LogP contribution is 2.36. The lowest BCUT2D eigenvalue weighted by Gasteiger charge is -2.47. The van der Waals surface area contributed by atoms with Crippen LogP contribution in [0.1, 0.15) is 17.0 Å². The molecule has 0 spiro atoms. The smallest absolute Gasteiger partial charge is 0.254 e. The molecule has 0 amide bonds. The number of anilines is 1. The van der Waals surface area contributed by atoms with Crippen LogP contribution in [0.15, 0.2) is 12.5 Å². The number of aromatic nitrogens is 7. The predicted octanol–water partition coefficient (Wildman–Crippen LogP) is -0.423. The van der Waals surface area contributed by atoms with Crippen LogP contribution in [0.2, 0.25) is 0 Å². The summed E-state index contributed by atoms with van der Waals surface area (Å²) in [6, 6.07) is 0. The molecule has 1 aliphatic rings. The molecular weight excluding hydrogens is 284 g/mol. The Labute approximate surface area is 126 Å². The van der Waals surface area contributed by atoms with E-state index in [2.05, 4.69) is 30.3 Å². The average molecular weight is 300 g/mol. The maximum atomic E-state index is 10.8. The summed E-state index contributed by atoms with van der Waals surface area (Å²) in [5, 5.41) is 22.7. The van der Waals surface area contributed by atoms with Crippen LogP contribution in [0.4, 0.5) is 5.82 Å². The monoisotopic (exact) mass is 300 g/mol. The number of hydrogen-bond acceptors (Lipinski definition) is 7. The van der Waals surface area contributed by atoms with Gasteiger partial charge in [0.15, 0.2) is 0 Å². The molecule has 4 heterocycles. The summed E-state index contributed by atoms with van der Waals surface area (Å²) in [5.41, 5.74) is 1.70. The van der Waals surface area contributed by atoms with Gasteiger partial charge in [0.1, 0.15) is 17.7 Å². The summed E-state index contributed by atoms with van der Waals surface area (Å²) in [6.07, 6.45) is 3.09. The van der Waals surface area contributed by atoms with Crippen LogP contribution in [0.3, 0.4) is 0 Å². The Bertz CT molecular complexity index is 860. The van der Waals surface area contributed by atoms with E-state index in [1.54, 1.807) is 22.4 Å². The summed E-state index contributed by atoms with van der Waals surface area (Å²) in [4.78, 5) is 10.6. The SMILES string of the molecule is Cc1nc2ncnn2c(N2CC(O)(c3cnnn3C)C2)c1C. The van der Waals surface area contributed by atoms with Crippen molar-refractivity contribution in [3.63, 3.8) is 0 Å². The van der Waals surface area contributed by atoms with Crippen molar-refractivity contribution in [2.75, 3.05) is 18.0 Å². The number of β-amino-alcohol motifs (C(OH)–C–C–N with tert-alkyl or cyclic N) is 1. The lowest BCUT2D eigenvalue weighted by atomic mass is 9.90. The normalized spacial score (nSPS) is 17.0. The van der Waals surface area contributed by atoms with E-state index >= 15 is 0 Å². The minimum Gasteiger partial charge on any atom is -0.380 e. The standard InChI is InChI=1S/C13H16N8O/c1-8-9(2)17-12-14-7-16-21(12)11(8)20-5-13(22,6-20)10-4-15-18-19(10)3/h4,7,22H,5-6H2,1-3H3. The average Bonchev–Trinajstić information content (AvgIpc) is 3.06. The van der Waals surface area contributed by atoms with Gasteiger partial charge < -0.3 is 10.0 Å². The lowest BCUT2D eigenvalue weighted by Crippen LogP contribution is -2.61. The minimum atomic E-state index is -0.950. The van der Waals surface area contributed by atoms with Crippen molar-refractivity contribution < 1.29 is 5.11 Å². The van der Waals surface area contributed by atoms with E-state index < -0.39 is 5.60 Å². The van der Waals surface area contributed by atoms with E-state index in [1.807, 2.05) is 13.8 Å². The van der Waals surface area contributed by atoms with Crippen LogP contribution < -0.4 is 4.90 Å². The fraction of sp³-hybridized carbons (Fsp3) is 0.462. The first kappa shape index (κ1) is 13.1. The summed E-state index contributed by atoms with van der Waals surface area (Å²) < 4.78 is 3.32. The van der Waals surface area contributed by atoms with Crippen molar-refractivity contribution in [1.29, 1.82) is 0 Å². The highest BCUT2D eigenvalue weighted by molar-refractivity contribution is 5.57. The molecule has 3 aromatic heterocycles. The highest BCUT2D eigenvalue weighted by Gasteiger charge is 2.46. The Kier molecular flexibility index (Phi) is 2.52. The molecule has 0 atom stereocenters. The van der Waals surface area contributed by atoms with Crippen LogP contribution in [0.25, 0.3) is 5.78 Å². The Morgan fingerprint density at radius 2 is 2.05 bits per heavy atom. The first-order valence-electron chi connectivity index (χ1n) is 6.99. The molecule has 9 nitrogen and oxygen atoms in total. The minimum absolute atomic E-state index is 0.452. The Morgan fingerprint density at radius 1 is 1.27 bits per heavy atom. The molecule has 1 N–H and O–H groups in total. The second-order valence-electron chi connectivity index (χ2n) is 5.75. The molecule has 114 valence electrons. The fourth-order valence-electron chi connectivity index (χ4n) is 2.99. The first-order valence-corrected chi connectivity index (χ1v) is 6.99. The molecule has 0 radical (unpaired) electrons. The van der Waals surface area contributed by atoms with Gasteiger partial charge in [-0.15, -0.1) is 5.10 Å². The van der Waals surface area contributed by atoms with Crippen molar-refractivity contribution in [1.82, 2.24) is 34.6 Å². The van der Waals surface area contributed by atoms with Gasteiger partial charge in [0, 0.05) is 18.3 Å². The topological polar surface area (TPSA) is 97.3 Å². The molecule has 22 heavy (non-hydrogen) atoms. The van der Waals surface area contributed by atoms with Crippen molar-refractivity contribution in [3.05, 3.63) is 29.5 Å². The molecule has 4 rings (SSSR count). The van der Waals surface area contributed by atoms with Crippen LogP contribution in [-0.2, 0) is 12.6 Å². The van der Waals surface area contributed by atoms with Crippen molar-refractivity contribution in [2.45, 2.75) is 19.4 Å². The molecule has 3 aromatic rings. The van der Waals surface area contributed by atoms with E-state index in [1.165, 1.54) is 6.33 Å². The van der Waals surface area contributed by atoms with E-state index in [0.29, 0.717) is 24.6 Å². The van der Waals surface area contributed by atoms with Gasteiger partial charge in [-0.25, -0.2) is 9.67 Å². The number of aryl methyl sites for hydroxylation is 2. The Morgan fingerprint density at radius 3 is 2.73 bits per heavy atom. The fourth-order valence-corrected chi connectivity index (χ4v) is 2.99. The lowest BCUT2D eigenvalue weighted by molar-refractivity contribution is -0.000802. The zero-order chi connectivity index (χ0) is 15.5. The van der Waals surface area contributed by atoms with Gasteiger partial charge in [0.25, 0.3) is 5.78 Å². The van der Waals surface area contributed by atoms with Crippen molar-refractivity contribution in [3.8, 4) is 0 Å². The summed E-state index contributed by atoms with van der Waals surface area (Å²) in [7, 11) is 1.78. The molecular formula is C13H16N8O. The Balaban J connectivity index is 1.73. The molecule has 1 saturated heterocycles. The maximum Gasteiger partial charge on any atom is 0.254 e. The predicted molar refractivity (Wildman–Crippen MR) is 77.4 cm³/mol. The second-order valence-corrected chi connectivity index (χ2v) is 5.75. The quantitative estimate of drug-likeness (QED) is 0.686. The van der Waals surface area contributed by atoms with Gasteiger partial charge in [-0.2, -0.15) is 14.6 Å². The van der Waals surface area contributed by atoms with Gasteiger partial charge in [0.05, 0.1) is 25.0 Å². The van der Waals surface area contributed by atoms with Crippen LogP contribution in [0, 0.1) is 13.8 Å². The van der Waals surface area contributed by atoms with Crippen molar-refractivity contribution >= 4 is 11.6 Å². The molecule has 9 heteroatoms. The number of nitrogens with zero attached hydrogens (tertiary/aromatic N) is 8.